The second-order valence-electron chi connectivity index (χ2n) is 5.98. The van der Waals surface area contributed by atoms with E-state index in [1.165, 1.54) is 15.6 Å². The first kappa shape index (κ1) is 16.6. The van der Waals surface area contributed by atoms with E-state index in [-0.39, 0.29) is 6.04 Å². The SMILES string of the molecule is Cc1csc(-c2cccc(S(=O)(=O)N(C)C(CN)C3CC3)c2)n1. The minimum atomic E-state index is -3.55. The van der Waals surface area contributed by atoms with Gasteiger partial charge in [0.15, 0.2) is 0 Å². The molecule has 124 valence electrons. The molecule has 1 aromatic heterocycles. The molecule has 2 N–H and O–H groups in total. The van der Waals surface area contributed by atoms with Crippen LogP contribution in [0, 0.1) is 12.8 Å². The van der Waals surface area contributed by atoms with Crippen molar-refractivity contribution in [1.82, 2.24) is 9.29 Å². The lowest BCUT2D eigenvalue weighted by atomic mass is 10.2. The molecule has 7 heteroatoms. The molecule has 1 unspecified atom stereocenters. The zero-order valence-electron chi connectivity index (χ0n) is 13.3. The third-order valence-corrected chi connectivity index (χ3v) is 7.14. The summed E-state index contributed by atoms with van der Waals surface area (Å²) in [5, 5.41) is 2.79. The molecular weight excluding hydrogens is 330 g/mol. The monoisotopic (exact) mass is 351 g/mol. The molecule has 1 fully saturated rings. The van der Waals surface area contributed by atoms with Crippen molar-refractivity contribution in [3.63, 3.8) is 0 Å². The summed E-state index contributed by atoms with van der Waals surface area (Å²) in [5.74, 6) is 0.393. The first-order valence-electron chi connectivity index (χ1n) is 7.64. The van der Waals surface area contributed by atoms with Gasteiger partial charge in [0.1, 0.15) is 5.01 Å². The van der Waals surface area contributed by atoms with Crippen LogP contribution in [-0.4, -0.2) is 37.3 Å². The van der Waals surface area contributed by atoms with Crippen molar-refractivity contribution in [3.8, 4) is 10.6 Å². The van der Waals surface area contributed by atoms with Gasteiger partial charge in [-0.15, -0.1) is 11.3 Å². The van der Waals surface area contributed by atoms with Gasteiger partial charge in [-0.25, -0.2) is 13.4 Å². The second kappa shape index (κ2) is 6.32. The van der Waals surface area contributed by atoms with Gasteiger partial charge < -0.3 is 5.73 Å². The maximum atomic E-state index is 12.9. The molecule has 0 amide bonds. The van der Waals surface area contributed by atoms with Crippen LogP contribution in [0.2, 0.25) is 0 Å². The number of hydrogen-bond acceptors (Lipinski definition) is 5. The Morgan fingerprint density at radius 3 is 2.74 bits per heavy atom. The molecule has 1 aliphatic carbocycles. The summed E-state index contributed by atoms with van der Waals surface area (Å²) in [5.41, 5.74) is 7.56. The summed E-state index contributed by atoms with van der Waals surface area (Å²) in [7, 11) is -1.92. The molecule has 0 bridgehead atoms. The van der Waals surface area contributed by atoms with E-state index in [4.69, 9.17) is 5.73 Å². The van der Waals surface area contributed by atoms with Crippen LogP contribution >= 0.6 is 11.3 Å². The lowest BCUT2D eigenvalue weighted by Crippen LogP contribution is -2.43. The fraction of sp³-hybridized carbons (Fsp3) is 0.438. The van der Waals surface area contributed by atoms with E-state index < -0.39 is 10.0 Å². The normalized spacial score (nSPS) is 16.7. The third kappa shape index (κ3) is 3.33. The zero-order valence-corrected chi connectivity index (χ0v) is 14.9. The number of aromatic nitrogens is 1. The topological polar surface area (TPSA) is 76.3 Å². The van der Waals surface area contributed by atoms with Crippen molar-refractivity contribution >= 4 is 21.4 Å². The largest absolute Gasteiger partial charge is 0.329 e. The van der Waals surface area contributed by atoms with Gasteiger partial charge in [-0.1, -0.05) is 12.1 Å². The number of rotatable bonds is 6. The Bertz CT molecular complexity index is 797. The summed E-state index contributed by atoms with van der Waals surface area (Å²) in [6, 6.07) is 6.87. The first-order valence-corrected chi connectivity index (χ1v) is 9.96. The van der Waals surface area contributed by atoms with Gasteiger partial charge >= 0.3 is 0 Å². The Morgan fingerprint density at radius 1 is 1.43 bits per heavy atom. The molecule has 0 spiro atoms. The lowest BCUT2D eigenvalue weighted by molar-refractivity contribution is 0.340. The van der Waals surface area contributed by atoms with E-state index in [0.29, 0.717) is 17.4 Å². The van der Waals surface area contributed by atoms with E-state index in [1.807, 2.05) is 18.4 Å². The maximum absolute atomic E-state index is 12.9. The summed E-state index contributed by atoms with van der Waals surface area (Å²) >= 11 is 1.52. The van der Waals surface area contributed by atoms with Crippen molar-refractivity contribution < 1.29 is 8.42 Å². The molecule has 3 rings (SSSR count). The van der Waals surface area contributed by atoms with Crippen molar-refractivity contribution in [3.05, 3.63) is 35.3 Å². The van der Waals surface area contributed by atoms with E-state index >= 15 is 0 Å². The van der Waals surface area contributed by atoms with Crippen LogP contribution in [0.3, 0.4) is 0 Å². The summed E-state index contributed by atoms with van der Waals surface area (Å²) in [6.07, 6.45) is 2.11. The number of benzene rings is 1. The Hall–Kier alpha value is -1.28. The first-order chi connectivity index (χ1) is 10.9. The Kier molecular flexibility index (Phi) is 4.55. The van der Waals surface area contributed by atoms with Crippen LogP contribution < -0.4 is 5.73 Å². The van der Waals surface area contributed by atoms with E-state index in [1.54, 1.807) is 25.2 Å². The second-order valence-corrected chi connectivity index (χ2v) is 8.84. The highest BCUT2D eigenvalue weighted by Gasteiger charge is 2.38. The van der Waals surface area contributed by atoms with E-state index in [2.05, 4.69) is 4.98 Å². The van der Waals surface area contributed by atoms with Crippen LogP contribution in [0.25, 0.3) is 10.6 Å². The predicted molar refractivity (Wildman–Crippen MR) is 92.8 cm³/mol. The molecule has 5 nitrogen and oxygen atoms in total. The van der Waals surface area contributed by atoms with Gasteiger partial charge in [-0.05, 0) is 37.8 Å². The predicted octanol–water partition coefficient (Wildman–Crippen LogP) is 2.48. The molecule has 1 saturated carbocycles. The van der Waals surface area contributed by atoms with Crippen LogP contribution in [0.4, 0.5) is 0 Å². The van der Waals surface area contributed by atoms with E-state index in [0.717, 1.165) is 29.1 Å². The lowest BCUT2D eigenvalue weighted by Gasteiger charge is -2.26. The standard InChI is InChI=1S/C16H21N3O2S2/c1-11-10-22-16(18-11)13-4-3-5-14(8-13)23(20,21)19(2)15(9-17)12-6-7-12/h3-5,8,10,12,15H,6-7,9,17H2,1-2H3. The number of likely N-dealkylation sites (N-methyl/N-ethyl adjacent to an activating group) is 1. The maximum Gasteiger partial charge on any atom is 0.243 e. The molecule has 1 atom stereocenters. The number of aryl methyl sites for hydroxylation is 1. The quantitative estimate of drug-likeness (QED) is 0.867. The van der Waals surface area contributed by atoms with Gasteiger partial charge in [0, 0.05) is 36.3 Å². The molecule has 1 aromatic carbocycles. The highest BCUT2D eigenvalue weighted by atomic mass is 32.2. The average molecular weight is 351 g/mol. The Labute approximate surface area is 141 Å². The molecule has 2 aromatic rings. The molecular formula is C16H21N3O2S2. The molecule has 23 heavy (non-hydrogen) atoms. The summed E-state index contributed by atoms with van der Waals surface area (Å²) in [6.45, 7) is 2.28. The number of nitrogens with zero attached hydrogens (tertiary/aromatic N) is 2. The van der Waals surface area contributed by atoms with Crippen molar-refractivity contribution in [1.29, 1.82) is 0 Å². The summed E-state index contributed by atoms with van der Waals surface area (Å²) < 4.78 is 27.3. The molecule has 1 aliphatic rings. The van der Waals surface area contributed by atoms with Gasteiger partial charge in [0.25, 0.3) is 0 Å². The Balaban J connectivity index is 1.93. The highest BCUT2D eigenvalue weighted by molar-refractivity contribution is 7.89. The average Bonchev–Trinajstić information content (AvgIpc) is 3.28. The van der Waals surface area contributed by atoms with Crippen molar-refractivity contribution in [2.75, 3.05) is 13.6 Å². The molecule has 0 saturated heterocycles. The number of sulfonamides is 1. The number of hydrogen-bond donors (Lipinski definition) is 1. The van der Waals surface area contributed by atoms with Crippen molar-refractivity contribution in [2.45, 2.75) is 30.7 Å². The smallest absolute Gasteiger partial charge is 0.243 e. The zero-order chi connectivity index (χ0) is 16.6. The van der Waals surface area contributed by atoms with Gasteiger partial charge in [-0.2, -0.15) is 4.31 Å². The van der Waals surface area contributed by atoms with Crippen LogP contribution in [0.5, 0.6) is 0 Å². The molecule has 0 radical (unpaired) electrons. The molecule has 1 heterocycles. The van der Waals surface area contributed by atoms with Crippen LogP contribution in [0.1, 0.15) is 18.5 Å². The van der Waals surface area contributed by atoms with E-state index in [9.17, 15) is 8.42 Å². The fourth-order valence-corrected chi connectivity index (χ4v) is 5.01. The molecule has 0 aliphatic heterocycles. The highest BCUT2D eigenvalue weighted by Crippen LogP contribution is 2.36. The summed E-state index contributed by atoms with van der Waals surface area (Å²) in [4.78, 5) is 4.72. The Morgan fingerprint density at radius 2 is 2.17 bits per heavy atom. The van der Waals surface area contributed by atoms with Crippen LogP contribution in [-0.2, 0) is 10.0 Å². The third-order valence-electron chi connectivity index (χ3n) is 4.25. The van der Waals surface area contributed by atoms with Gasteiger partial charge in [0.2, 0.25) is 10.0 Å². The minimum Gasteiger partial charge on any atom is -0.329 e. The van der Waals surface area contributed by atoms with Gasteiger partial charge in [-0.3, -0.25) is 0 Å². The van der Waals surface area contributed by atoms with Crippen LogP contribution in [0.15, 0.2) is 34.5 Å². The number of thiazole rings is 1. The fourth-order valence-electron chi connectivity index (χ4n) is 2.74. The van der Waals surface area contributed by atoms with Gasteiger partial charge in [0.05, 0.1) is 4.90 Å². The number of nitrogens with two attached hydrogens (primary N) is 1. The van der Waals surface area contributed by atoms with Crippen molar-refractivity contribution in [2.24, 2.45) is 11.7 Å². The minimum absolute atomic E-state index is 0.120.